The molecule has 0 aromatic rings. The van der Waals surface area contributed by atoms with Gasteiger partial charge < -0.3 is 10.4 Å². The Labute approximate surface area is 62.6 Å². The van der Waals surface area contributed by atoms with Crippen LogP contribution in [0.3, 0.4) is 0 Å². The van der Waals surface area contributed by atoms with Gasteiger partial charge in [-0.2, -0.15) is 0 Å². The summed E-state index contributed by atoms with van der Waals surface area (Å²) in [4.78, 5) is 0. The van der Waals surface area contributed by atoms with Crippen molar-refractivity contribution in [1.82, 2.24) is 5.32 Å². The van der Waals surface area contributed by atoms with E-state index in [-0.39, 0.29) is 0 Å². The van der Waals surface area contributed by atoms with Crippen molar-refractivity contribution < 1.29 is 5.11 Å². The first-order chi connectivity index (χ1) is 4.83. The Morgan fingerprint density at radius 2 is 2.40 bits per heavy atom. The summed E-state index contributed by atoms with van der Waals surface area (Å²) < 4.78 is 0. The van der Waals surface area contributed by atoms with Crippen LogP contribution in [0.5, 0.6) is 0 Å². The van der Waals surface area contributed by atoms with Crippen LogP contribution < -0.4 is 5.32 Å². The Morgan fingerprint density at radius 3 is 2.90 bits per heavy atom. The molecule has 0 amide bonds. The molecule has 2 heteroatoms. The molecule has 2 N–H and O–H groups in total. The number of aliphatic hydroxyl groups excluding tert-OH is 1. The molecule has 60 valence electrons. The molecule has 1 fully saturated rings. The molecule has 0 aliphatic carbocycles. The molecule has 0 aromatic carbocycles. The van der Waals surface area contributed by atoms with Crippen LogP contribution >= 0.6 is 0 Å². The molecule has 2 nitrogen and oxygen atoms in total. The minimum atomic E-state index is 0.352. The molecule has 10 heavy (non-hydrogen) atoms. The van der Waals surface area contributed by atoms with E-state index in [2.05, 4.69) is 12.2 Å². The van der Waals surface area contributed by atoms with E-state index in [0.717, 1.165) is 18.9 Å². The third-order valence-electron chi connectivity index (χ3n) is 2.21. The standard InChI is InChI=1S/C8H17NO/c1-7-5-8(6-9-7)3-2-4-10/h7-10H,2-6H2,1H3/t7-,8?/m0/s1. The second kappa shape index (κ2) is 3.94. The van der Waals surface area contributed by atoms with E-state index in [0.29, 0.717) is 12.6 Å². The first-order valence-corrected chi connectivity index (χ1v) is 4.17. The van der Waals surface area contributed by atoms with Crippen molar-refractivity contribution in [3.63, 3.8) is 0 Å². The number of rotatable bonds is 3. The van der Waals surface area contributed by atoms with E-state index < -0.39 is 0 Å². The van der Waals surface area contributed by atoms with Crippen LogP contribution in [-0.2, 0) is 0 Å². The summed E-state index contributed by atoms with van der Waals surface area (Å²) >= 11 is 0. The quantitative estimate of drug-likeness (QED) is 0.611. The predicted octanol–water partition coefficient (Wildman–Crippen LogP) is 0.757. The highest BCUT2D eigenvalue weighted by Crippen LogP contribution is 2.17. The molecule has 1 aliphatic heterocycles. The zero-order chi connectivity index (χ0) is 7.40. The van der Waals surface area contributed by atoms with Crippen LogP contribution in [0.1, 0.15) is 26.2 Å². The van der Waals surface area contributed by atoms with E-state index in [1.165, 1.54) is 12.8 Å². The lowest BCUT2D eigenvalue weighted by molar-refractivity contribution is 0.273. The summed E-state index contributed by atoms with van der Waals surface area (Å²) in [5.41, 5.74) is 0. The van der Waals surface area contributed by atoms with Crippen molar-refractivity contribution in [1.29, 1.82) is 0 Å². The smallest absolute Gasteiger partial charge is 0.0431 e. The van der Waals surface area contributed by atoms with Gasteiger partial charge in [-0.25, -0.2) is 0 Å². The van der Waals surface area contributed by atoms with Crippen LogP contribution in [0, 0.1) is 5.92 Å². The van der Waals surface area contributed by atoms with Gasteiger partial charge in [0.1, 0.15) is 0 Å². The van der Waals surface area contributed by atoms with Gasteiger partial charge in [-0.05, 0) is 38.6 Å². The first kappa shape index (κ1) is 8.02. The van der Waals surface area contributed by atoms with Crippen LogP contribution in [0.25, 0.3) is 0 Å². The lowest BCUT2D eigenvalue weighted by Gasteiger charge is -2.05. The zero-order valence-corrected chi connectivity index (χ0v) is 6.64. The van der Waals surface area contributed by atoms with E-state index in [4.69, 9.17) is 5.11 Å². The minimum absolute atomic E-state index is 0.352. The molecule has 0 bridgehead atoms. The van der Waals surface area contributed by atoms with Crippen molar-refractivity contribution in [2.24, 2.45) is 5.92 Å². The third-order valence-corrected chi connectivity index (χ3v) is 2.21. The summed E-state index contributed by atoms with van der Waals surface area (Å²) in [5.74, 6) is 0.821. The van der Waals surface area contributed by atoms with Crippen molar-refractivity contribution in [2.45, 2.75) is 32.2 Å². The summed E-state index contributed by atoms with van der Waals surface area (Å²) in [6.07, 6.45) is 3.45. The van der Waals surface area contributed by atoms with Gasteiger partial charge in [0.2, 0.25) is 0 Å². The monoisotopic (exact) mass is 143 g/mol. The van der Waals surface area contributed by atoms with Gasteiger partial charge in [-0.15, -0.1) is 0 Å². The van der Waals surface area contributed by atoms with Crippen LogP contribution in [-0.4, -0.2) is 24.3 Å². The number of hydrogen-bond acceptors (Lipinski definition) is 2. The third kappa shape index (κ3) is 2.27. The average molecular weight is 143 g/mol. The fourth-order valence-electron chi connectivity index (χ4n) is 1.63. The maximum absolute atomic E-state index is 8.57. The number of hydrogen-bond donors (Lipinski definition) is 2. The van der Waals surface area contributed by atoms with Gasteiger partial charge in [-0.3, -0.25) is 0 Å². The normalized spacial score (nSPS) is 33.0. The van der Waals surface area contributed by atoms with Crippen LogP contribution in [0.15, 0.2) is 0 Å². The maximum atomic E-state index is 8.57. The van der Waals surface area contributed by atoms with E-state index in [9.17, 15) is 0 Å². The molecule has 1 saturated heterocycles. The van der Waals surface area contributed by atoms with Gasteiger partial charge in [0.25, 0.3) is 0 Å². The Hall–Kier alpha value is -0.0800. The lowest BCUT2D eigenvalue weighted by Crippen LogP contribution is -2.16. The SMILES string of the molecule is C[C@H]1CC(CCCO)CN1. The maximum Gasteiger partial charge on any atom is 0.0431 e. The Morgan fingerprint density at radius 1 is 1.60 bits per heavy atom. The summed E-state index contributed by atoms with van der Waals surface area (Å²) in [6, 6.07) is 0.698. The van der Waals surface area contributed by atoms with Crippen LogP contribution in [0.2, 0.25) is 0 Å². The van der Waals surface area contributed by atoms with Crippen LogP contribution in [0.4, 0.5) is 0 Å². The highest BCUT2D eigenvalue weighted by atomic mass is 16.2. The highest BCUT2D eigenvalue weighted by molar-refractivity contribution is 4.77. The Bertz CT molecular complexity index is 95.3. The molecule has 1 rings (SSSR count). The summed E-state index contributed by atoms with van der Waals surface area (Å²) in [6.45, 7) is 3.73. The number of aliphatic hydroxyl groups is 1. The van der Waals surface area contributed by atoms with Gasteiger partial charge in [0, 0.05) is 12.6 Å². The predicted molar refractivity (Wildman–Crippen MR) is 41.9 cm³/mol. The van der Waals surface area contributed by atoms with Crippen molar-refractivity contribution in [3.05, 3.63) is 0 Å². The molecule has 0 spiro atoms. The summed E-state index contributed by atoms with van der Waals surface area (Å²) in [7, 11) is 0. The molecule has 1 aliphatic rings. The van der Waals surface area contributed by atoms with Gasteiger partial charge >= 0.3 is 0 Å². The molecule has 2 atom stereocenters. The van der Waals surface area contributed by atoms with Gasteiger partial charge in [0.05, 0.1) is 0 Å². The molecule has 1 unspecified atom stereocenters. The zero-order valence-electron chi connectivity index (χ0n) is 6.64. The van der Waals surface area contributed by atoms with Gasteiger partial charge in [-0.1, -0.05) is 0 Å². The second-order valence-corrected chi connectivity index (χ2v) is 3.28. The fourth-order valence-corrected chi connectivity index (χ4v) is 1.63. The van der Waals surface area contributed by atoms with Crippen molar-refractivity contribution in [2.75, 3.05) is 13.2 Å². The summed E-state index contributed by atoms with van der Waals surface area (Å²) in [5, 5.41) is 12.0. The Balaban J connectivity index is 2.06. The minimum Gasteiger partial charge on any atom is -0.396 e. The topological polar surface area (TPSA) is 32.3 Å². The van der Waals surface area contributed by atoms with Crippen molar-refractivity contribution in [3.8, 4) is 0 Å². The van der Waals surface area contributed by atoms with E-state index in [1.54, 1.807) is 0 Å². The average Bonchev–Trinajstić information content (AvgIpc) is 2.31. The molecule has 1 heterocycles. The fraction of sp³-hybridized carbons (Fsp3) is 1.00. The Kier molecular flexibility index (Phi) is 3.16. The molecular formula is C8H17NO. The highest BCUT2D eigenvalue weighted by Gasteiger charge is 2.19. The molecule has 0 saturated carbocycles. The van der Waals surface area contributed by atoms with E-state index in [1.807, 2.05) is 0 Å². The number of nitrogens with one attached hydrogen (secondary N) is 1. The van der Waals surface area contributed by atoms with E-state index >= 15 is 0 Å². The van der Waals surface area contributed by atoms with Crippen molar-refractivity contribution >= 4 is 0 Å². The molecule has 0 aromatic heterocycles. The molecular weight excluding hydrogens is 126 g/mol. The first-order valence-electron chi connectivity index (χ1n) is 4.17. The second-order valence-electron chi connectivity index (χ2n) is 3.28. The largest absolute Gasteiger partial charge is 0.396 e. The molecule has 0 radical (unpaired) electrons. The van der Waals surface area contributed by atoms with Gasteiger partial charge in [0.15, 0.2) is 0 Å². The lowest BCUT2D eigenvalue weighted by atomic mass is 10.0.